The molecule has 4 heterocycles. The van der Waals surface area contributed by atoms with Crippen molar-refractivity contribution in [1.82, 2.24) is 29.9 Å². The third-order valence-corrected chi connectivity index (χ3v) is 5.32. The van der Waals surface area contributed by atoms with Gasteiger partial charge in [0.1, 0.15) is 5.76 Å². The van der Waals surface area contributed by atoms with Crippen LogP contribution in [0.2, 0.25) is 0 Å². The molecule has 0 unspecified atom stereocenters. The van der Waals surface area contributed by atoms with E-state index in [2.05, 4.69) is 32.4 Å². The standard InChI is InChI=1S/C18H22N6O/c1-12-10-15(22-25-12)11-23-8-6-14(7-9-23)18-20-19-17-5-4-16(13-2-3-13)21-24(17)18/h4-5,10,13-14H,2-3,6-9,11H2,1H3. The first kappa shape index (κ1) is 15.0. The molecule has 2 aliphatic rings. The number of aromatic nitrogens is 5. The molecule has 0 atom stereocenters. The van der Waals surface area contributed by atoms with Crippen molar-refractivity contribution < 1.29 is 4.52 Å². The molecule has 0 amide bonds. The van der Waals surface area contributed by atoms with Crippen LogP contribution in [0.3, 0.4) is 0 Å². The largest absolute Gasteiger partial charge is 0.361 e. The summed E-state index contributed by atoms with van der Waals surface area (Å²) >= 11 is 0. The highest BCUT2D eigenvalue weighted by Gasteiger charge is 2.28. The number of likely N-dealkylation sites (tertiary alicyclic amines) is 1. The minimum absolute atomic E-state index is 0.423. The number of hydrogen-bond donors (Lipinski definition) is 0. The fourth-order valence-corrected chi connectivity index (χ4v) is 3.74. The molecule has 25 heavy (non-hydrogen) atoms. The van der Waals surface area contributed by atoms with Crippen LogP contribution in [0.15, 0.2) is 22.7 Å². The van der Waals surface area contributed by atoms with E-state index in [0.717, 1.165) is 55.4 Å². The van der Waals surface area contributed by atoms with Crippen molar-refractivity contribution in [2.45, 2.75) is 51.0 Å². The van der Waals surface area contributed by atoms with Crippen LogP contribution in [0.1, 0.15) is 60.5 Å². The summed E-state index contributed by atoms with van der Waals surface area (Å²) in [5.41, 5.74) is 3.06. The van der Waals surface area contributed by atoms with Crippen molar-refractivity contribution >= 4 is 5.65 Å². The molecule has 7 nitrogen and oxygen atoms in total. The second-order valence-electron chi connectivity index (χ2n) is 7.34. The third kappa shape index (κ3) is 2.93. The molecule has 3 aromatic rings. The van der Waals surface area contributed by atoms with Crippen LogP contribution in [0.25, 0.3) is 5.65 Å². The lowest BCUT2D eigenvalue weighted by Gasteiger charge is -2.30. The van der Waals surface area contributed by atoms with E-state index >= 15 is 0 Å². The summed E-state index contributed by atoms with van der Waals surface area (Å²) in [6.07, 6.45) is 4.67. The SMILES string of the molecule is Cc1cc(CN2CCC(c3nnc4ccc(C5CC5)nn34)CC2)no1. The Hall–Kier alpha value is -2.28. The molecule has 3 aromatic heterocycles. The lowest BCUT2D eigenvalue weighted by molar-refractivity contribution is 0.196. The Labute approximate surface area is 146 Å². The van der Waals surface area contributed by atoms with E-state index in [1.807, 2.05) is 17.5 Å². The predicted octanol–water partition coefficient (Wildman–Crippen LogP) is 2.68. The Balaban J connectivity index is 1.30. The molecule has 7 heteroatoms. The summed E-state index contributed by atoms with van der Waals surface area (Å²) in [6, 6.07) is 6.18. The number of nitrogens with zero attached hydrogens (tertiary/aromatic N) is 6. The maximum Gasteiger partial charge on any atom is 0.177 e. The summed E-state index contributed by atoms with van der Waals surface area (Å²) in [4.78, 5) is 2.43. The van der Waals surface area contributed by atoms with Crippen molar-refractivity contribution in [3.63, 3.8) is 0 Å². The molecule has 0 aromatic carbocycles. The fourth-order valence-electron chi connectivity index (χ4n) is 3.74. The van der Waals surface area contributed by atoms with E-state index < -0.39 is 0 Å². The van der Waals surface area contributed by atoms with Crippen molar-refractivity contribution in [2.75, 3.05) is 13.1 Å². The quantitative estimate of drug-likeness (QED) is 0.728. The Morgan fingerprint density at radius 3 is 2.64 bits per heavy atom. The maximum atomic E-state index is 5.16. The fraction of sp³-hybridized carbons (Fsp3) is 0.556. The molecule has 130 valence electrons. The van der Waals surface area contributed by atoms with Gasteiger partial charge in [-0.05, 0) is 57.8 Å². The molecule has 0 bridgehead atoms. The van der Waals surface area contributed by atoms with Gasteiger partial charge in [0.15, 0.2) is 11.5 Å². The van der Waals surface area contributed by atoms with Crippen molar-refractivity contribution in [2.24, 2.45) is 0 Å². The monoisotopic (exact) mass is 338 g/mol. The number of hydrogen-bond acceptors (Lipinski definition) is 6. The van der Waals surface area contributed by atoms with E-state index in [0.29, 0.717) is 11.8 Å². The van der Waals surface area contributed by atoms with Gasteiger partial charge in [-0.2, -0.15) is 9.61 Å². The van der Waals surface area contributed by atoms with Gasteiger partial charge in [0.05, 0.1) is 11.4 Å². The average Bonchev–Trinajstić information content (AvgIpc) is 3.28. The molecule has 0 spiro atoms. The van der Waals surface area contributed by atoms with E-state index in [4.69, 9.17) is 9.62 Å². The lowest BCUT2D eigenvalue weighted by atomic mass is 9.96. The number of fused-ring (bicyclic) bond motifs is 1. The van der Waals surface area contributed by atoms with Gasteiger partial charge in [0.2, 0.25) is 0 Å². The third-order valence-electron chi connectivity index (χ3n) is 5.32. The Kier molecular flexibility index (Phi) is 3.55. The molecule has 1 aliphatic heterocycles. The maximum absolute atomic E-state index is 5.16. The molecule has 1 aliphatic carbocycles. The topological polar surface area (TPSA) is 72.4 Å². The lowest BCUT2D eigenvalue weighted by Crippen LogP contribution is -2.33. The highest BCUT2D eigenvalue weighted by molar-refractivity contribution is 5.38. The summed E-state index contributed by atoms with van der Waals surface area (Å²) in [6.45, 7) is 4.86. The minimum atomic E-state index is 0.423. The first-order chi connectivity index (χ1) is 12.3. The van der Waals surface area contributed by atoms with Crippen LogP contribution < -0.4 is 0 Å². The van der Waals surface area contributed by atoms with Crippen molar-refractivity contribution in [3.05, 3.63) is 41.2 Å². The number of aryl methyl sites for hydroxylation is 1. The summed E-state index contributed by atoms with van der Waals surface area (Å²) in [7, 11) is 0. The van der Waals surface area contributed by atoms with Gasteiger partial charge in [0, 0.05) is 24.4 Å². The molecule has 0 radical (unpaired) electrons. The second kappa shape index (κ2) is 5.91. The Morgan fingerprint density at radius 2 is 1.92 bits per heavy atom. The minimum Gasteiger partial charge on any atom is -0.361 e. The van der Waals surface area contributed by atoms with Crippen LogP contribution in [0.4, 0.5) is 0 Å². The summed E-state index contributed by atoms with van der Waals surface area (Å²) in [5.74, 6) is 2.96. The Bertz CT molecular complexity index is 888. The molecule has 1 saturated carbocycles. The van der Waals surface area contributed by atoms with E-state index in [9.17, 15) is 0 Å². The molecule has 0 N–H and O–H groups in total. The number of rotatable bonds is 4. The van der Waals surface area contributed by atoms with E-state index in [1.54, 1.807) is 0 Å². The zero-order valence-corrected chi connectivity index (χ0v) is 14.4. The molecule has 5 rings (SSSR count). The normalized spacial score (nSPS) is 19.7. The molecule has 2 fully saturated rings. The van der Waals surface area contributed by atoms with Crippen molar-refractivity contribution in [3.8, 4) is 0 Å². The smallest absolute Gasteiger partial charge is 0.177 e. The van der Waals surface area contributed by atoms with Crippen LogP contribution in [-0.2, 0) is 6.54 Å². The van der Waals surface area contributed by atoms with Crippen LogP contribution in [0.5, 0.6) is 0 Å². The molecular formula is C18H22N6O. The van der Waals surface area contributed by atoms with Gasteiger partial charge in [-0.1, -0.05) is 5.16 Å². The van der Waals surface area contributed by atoms with Gasteiger partial charge in [-0.15, -0.1) is 10.2 Å². The summed E-state index contributed by atoms with van der Waals surface area (Å²) < 4.78 is 7.14. The number of piperidine rings is 1. The average molecular weight is 338 g/mol. The Morgan fingerprint density at radius 1 is 1.08 bits per heavy atom. The van der Waals surface area contributed by atoms with E-state index in [1.165, 1.54) is 18.5 Å². The summed E-state index contributed by atoms with van der Waals surface area (Å²) in [5, 5.41) is 17.7. The predicted molar refractivity (Wildman–Crippen MR) is 91.2 cm³/mol. The van der Waals surface area contributed by atoms with Gasteiger partial charge >= 0.3 is 0 Å². The van der Waals surface area contributed by atoms with Gasteiger partial charge in [0.25, 0.3) is 0 Å². The highest BCUT2D eigenvalue weighted by Crippen LogP contribution is 2.39. The van der Waals surface area contributed by atoms with Crippen LogP contribution in [0, 0.1) is 6.92 Å². The first-order valence-electron chi connectivity index (χ1n) is 9.13. The van der Waals surface area contributed by atoms with Gasteiger partial charge < -0.3 is 4.52 Å². The second-order valence-corrected chi connectivity index (χ2v) is 7.34. The zero-order chi connectivity index (χ0) is 16.8. The van der Waals surface area contributed by atoms with Crippen LogP contribution >= 0.6 is 0 Å². The zero-order valence-electron chi connectivity index (χ0n) is 14.4. The molecule has 1 saturated heterocycles. The van der Waals surface area contributed by atoms with E-state index in [-0.39, 0.29) is 0 Å². The van der Waals surface area contributed by atoms with Gasteiger partial charge in [-0.25, -0.2) is 0 Å². The van der Waals surface area contributed by atoms with Gasteiger partial charge in [-0.3, -0.25) is 4.90 Å². The van der Waals surface area contributed by atoms with Crippen molar-refractivity contribution in [1.29, 1.82) is 0 Å². The first-order valence-corrected chi connectivity index (χ1v) is 9.13. The van der Waals surface area contributed by atoms with Crippen LogP contribution in [-0.4, -0.2) is 43.0 Å². The molecular weight excluding hydrogens is 316 g/mol. The highest BCUT2D eigenvalue weighted by atomic mass is 16.5.